The molecule has 38 heavy (non-hydrogen) atoms. The Kier molecular flexibility index (Phi) is 7.11. The molecule has 3 heterocycles. The minimum atomic E-state index is -0.413. The molecule has 198 valence electrons. The zero-order valence-electron chi connectivity index (χ0n) is 22.2. The summed E-state index contributed by atoms with van der Waals surface area (Å²) in [7, 11) is 1.97. The van der Waals surface area contributed by atoms with E-state index in [9.17, 15) is 9.18 Å². The number of aryl methyl sites for hydroxylation is 2. The van der Waals surface area contributed by atoms with Crippen molar-refractivity contribution in [1.82, 2.24) is 24.6 Å². The second-order valence-electron chi connectivity index (χ2n) is 10.0. The van der Waals surface area contributed by atoms with Crippen molar-refractivity contribution >= 4 is 28.4 Å². The number of benzene rings is 2. The molecule has 5 rings (SSSR count). The lowest BCUT2D eigenvalue weighted by Gasteiger charge is -2.41. The number of carbonyl (C=O) groups excluding carboxylic acids is 1. The first-order valence-electron chi connectivity index (χ1n) is 12.7. The number of likely N-dealkylation sites (N-methyl/N-ethyl adjacent to an activating group) is 1. The first-order chi connectivity index (χ1) is 18.1. The number of fused-ring (bicyclic) bond motifs is 1. The molecule has 0 aliphatic carbocycles. The van der Waals surface area contributed by atoms with Gasteiger partial charge in [0.2, 0.25) is 5.91 Å². The minimum Gasteiger partial charge on any atom is -0.487 e. The molecule has 1 aliphatic rings. The number of piperazine rings is 1. The molecule has 0 bridgehead atoms. The predicted octanol–water partition coefficient (Wildman–Crippen LogP) is 5.63. The van der Waals surface area contributed by atoms with Crippen LogP contribution in [0.1, 0.15) is 42.3 Å². The number of hydrogen-bond acceptors (Lipinski definition) is 5. The molecule has 0 saturated carbocycles. The average Bonchev–Trinajstić information content (AvgIpc) is 3.31. The Hall–Kier alpha value is -3.49. The second kappa shape index (κ2) is 10.3. The van der Waals surface area contributed by atoms with Crippen LogP contribution in [0.25, 0.3) is 16.6 Å². The van der Waals surface area contributed by atoms with Crippen LogP contribution in [0.15, 0.2) is 48.8 Å². The van der Waals surface area contributed by atoms with Crippen LogP contribution in [-0.4, -0.2) is 56.7 Å². The summed E-state index contributed by atoms with van der Waals surface area (Å²) in [5, 5.41) is 5.52. The van der Waals surface area contributed by atoms with Crippen molar-refractivity contribution in [3.05, 3.63) is 82.0 Å². The van der Waals surface area contributed by atoms with Crippen LogP contribution >= 0.6 is 11.6 Å². The Morgan fingerprint density at radius 1 is 1.21 bits per heavy atom. The molecule has 7 nitrogen and oxygen atoms in total. The highest BCUT2D eigenvalue weighted by atomic mass is 35.5. The third-order valence-corrected chi connectivity index (χ3v) is 7.70. The highest BCUT2D eigenvalue weighted by Crippen LogP contribution is 2.34. The van der Waals surface area contributed by atoms with Crippen LogP contribution in [-0.2, 0) is 11.4 Å². The Labute approximate surface area is 226 Å². The number of amides is 1. The van der Waals surface area contributed by atoms with Gasteiger partial charge in [-0.05, 0) is 64.1 Å². The van der Waals surface area contributed by atoms with E-state index in [1.165, 1.54) is 17.1 Å². The maximum atomic E-state index is 13.7. The summed E-state index contributed by atoms with van der Waals surface area (Å²) in [6, 6.07) is 11.2. The van der Waals surface area contributed by atoms with Gasteiger partial charge in [-0.3, -0.25) is 9.69 Å². The lowest BCUT2D eigenvalue weighted by atomic mass is 9.96. The van der Waals surface area contributed by atoms with E-state index in [4.69, 9.17) is 21.3 Å². The van der Waals surface area contributed by atoms with Crippen LogP contribution < -0.4 is 4.74 Å². The zero-order chi connectivity index (χ0) is 27.1. The van der Waals surface area contributed by atoms with Gasteiger partial charge in [0.05, 0.1) is 30.2 Å². The number of pyridine rings is 1. The van der Waals surface area contributed by atoms with E-state index in [0.717, 1.165) is 34.3 Å². The Bertz CT molecular complexity index is 1520. The van der Waals surface area contributed by atoms with Gasteiger partial charge in [0.15, 0.2) is 5.82 Å². The molecule has 1 fully saturated rings. The lowest BCUT2D eigenvalue weighted by molar-refractivity contribution is -0.142. The summed E-state index contributed by atoms with van der Waals surface area (Å²) in [6.07, 6.45) is 2.51. The van der Waals surface area contributed by atoms with E-state index >= 15 is 0 Å². The molecule has 0 N–H and O–H groups in total. The zero-order valence-corrected chi connectivity index (χ0v) is 23.0. The summed E-state index contributed by atoms with van der Waals surface area (Å²) in [5.41, 5.74) is 4.95. The smallest absolute Gasteiger partial charge is 0.240 e. The van der Waals surface area contributed by atoms with Gasteiger partial charge in [-0.2, -0.15) is 5.10 Å². The summed E-state index contributed by atoms with van der Waals surface area (Å²) in [6.45, 7) is 9.53. The van der Waals surface area contributed by atoms with E-state index in [1.54, 1.807) is 0 Å². The third-order valence-electron chi connectivity index (χ3n) is 7.37. The van der Waals surface area contributed by atoms with Crippen LogP contribution in [0.3, 0.4) is 0 Å². The maximum Gasteiger partial charge on any atom is 0.240 e. The van der Waals surface area contributed by atoms with E-state index in [2.05, 4.69) is 16.1 Å². The highest BCUT2D eigenvalue weighted by molar-refractivity contribution is 6.31. The Morgan fingerprint density at radius 2 is 2.00 bits per heavy atom. The molecule has 1 saturated heterocycles. The second-order valence-corrected chi connectivity index (χ2v) is 10.4. The number of carbonyl (C=O) groups is 1. The molecule has 2 aromatic carbocycles. The van der Waals surface area contributed by atoms with Crippen LogP contribution in [0, 0.1) is 19.7 Å². The molecule has 1 amide bonds. The predicted molar refractivity (Wildman–Crippen MR) is 146 cm³/mol. The van der Waals surface area contributed by atoms with Crippen molar-refractivity contribution in [2.24, 2.45) is 0 Å². The quantitative estimate of drug-likeness (QED) is 0.320. The Balaban J connectivity index is 1.49. The van der Waals surface area contributed by atoms with Crippen LogP contribution in [0.2, 0.25) is 5.02 Å². The fraction of sp³-hybridized carbons (Fsp3) is 0.345. The topological polar surface area (TPSA) is 63.5 Å². The van der Waals surface area contributed by atoms with Crippen LogP contribution in [0.5, 0.6) is 5.75 Å². The minimum absolute atomic E-state index is 0.104. The van der Waals surface area contributed by atoms with Gasteiger partial charge in [-0.1, -0.05) is 29.8 Å². The average molecular weight is 536 g/mol. The summed E-state index contributed by atoms with van der Waals surface area (Å²) < 4.78 is 21.6. The van der Waals surface area contributed by atoms with Crippen molar-refractivity contribution in [2.45, 2.75) is 46.4 Å². The van der Waals surface area contributed by atoms with Crippen molar-refractivity contribution in [3.63, 3.8) is 0 Å². The van der Waals surface area contributed by atoms with E-state index in [1.807, 2.05) is 70.0 Å². The largest absolute Gasteiger partial charge is 0.487 e. The lowest BCUT2D eigenvalue weighted by Crippen LogP contribution is -2.54. The third kappa shape index (κ3) is 4.86. The van der Waals surface area contributed by atoms with Gasteiger partial charge in [0.1, 0.15) is 17.9 Å². The number of rotatable bonds is 6. The summed E-state index contributed by atoms with van der Waals surface area (Å²) >= 11 is 6.77. The first-order valence-corrected chi connectivity index (χ1v) is 13.0. The molecule has 0 unspecified atom stereocenters. The van der Waals surface area contributed by atoms with E-state index in [0.29, 0.717) is 28.5 Å². The van der Waals surface area contributed by atoms with Crippen molar-refractivity contribution in [3.8, 4) is 11.4 Å². The first kappa shape index (κ1) is 26.1. The van der Waals surface area contributed by atoms with E-state index in [-0.39, 0.29) is 24.6 Å². The maximum absolute atomic E-state index is 13.7. The van der Waals surface area contributed by atoms with Crippen molar-refractivity contribution < 1.29 is 13.9 Å². The van der Waals surface area contributed by atoms with Crippen molar-refractivity contribution in [1.29, 1.82) is 0 Å². The molecule has 1 aliphatic heterocycles. The van der Waals surface area contributed by atoms with Gasteiger partial charge in [-0.15, -0.1) is 0 Å². The van der Waals surface area contributed by atoms with Crippen LogP contribution in [0.4, 0.5) is 4.39 Å². The normalized spacial score (nSPS) is 17.3. The van der Waals surface area contributed by atoms with Gasteiger partial charge in [0, 0.05) is 34.8 Å². The summed E-state index contributed by atoms with van der Waals surface area (Å²) in [4.78, 5) is 21.8. The highest BCUT2D eigenvalue weighted by Gasteiger charge is 2.33. The molecule has 4 aromatic rings. The SMILES string of the molecule is Cc1cc(Cl)c(COc2cccc3c(-n4cc(F)cn4)cc(C)nc23)c([C@H](C)N2CCN(C)[C@H](C)C2=O)c1. The van der Waals surface area contributed by atoms with Gasteiger partial charge < -0.3 is 9.64 Å². The molecule has 0 radical (unpaired) electrons. The number of ether oxygens (including phenoxy) is 1. The fourth-order valence-corrected chi connectivity index (χ4v) is 5.43. The fourth-order valence-electron chi connectivity index (χ4n) is 5.09. The number of halogens is 2. The number of nitrogens with zero attached hydrogens (tertiary/aromatic N) is 5. The van der Waals surface area contributed by atoms with Gasteiger partial charge in [-0.25, -0.2) is 14.1 Å². The standard InChI is InChI=1S/C29H31ClFN5O2/c1-17-11-23(19(3)35-10-9-34(5)20(4)29(35)37)24(25(30)12-17)16-38-27-8-6-7-22-26(13-18(2)33-28(22)27)36-15-21(31)14-32-36/h6-8,11-15,19-20H,9-10,16H2,1-5H3/t19-,20+/m0/s1. The van der Waals surface area contributed by atoms with E-state index < -0.39 is 5.82 Å². The van der Waals surface area contributed by atoms with Crippen molar-refractivity contribution in [2.75, 3.05) is 20.1 Å². The number of para-hydroxylation sites is 1. The summed E-state index contributed by atoms with van der Waals surface area (Å²) in [5.74, 6) is 0.274. The number of hydrogen-bond donors (Lipinski definition) is 0. The monoisotopic (exact) mass is 535 g/mol. The molecule has 9 heteroatoms. The molecule has 0 spiro atoms. The molecule has 2 aromatic heterocycles. The van der Waals surface area contributed by atoms with Gasteiger partial charge in [0.25, 0.3) is 0 Å². The van der Waals surface area contributed by atoms with Gasteiger partial charge >= 0.3 is 0 Å². The molecular weight excluding hydrogens is 505 g/mol. The Morgan fingerprint density at radius 3 is 2.74 bits per heavy atom. The molecular formula is C29H31ClFN5O2. The number of aromatic nitrogens is 3. The molecule has 2 atom stereocenters.